The lowest BCUT2D eigenvalue weighted by Gasteiger charge is -2.41. The lowest BCUT2D eigenvalue weighted by Crippen LogP contribution is -2.57. The summed E-state index contributed by atoms with van der Waals surface area (Å²) in [5.74, 6) is 0.138. The molecule has 0 aromatic heterocycles. The molecule has 1 aliphatic heterocycles. The molecular formula is C19H23NO4. The molecule has 1 saturated heterocycles. The molecule has 128 valence electrons. The fraction of sp³-hybridized carbons (Fsp3) is 0.579. The van der Waals surface area contributed by atoms with Gasteiger partial charge in [-0.3, -0.25) is 4.79 Å². The van der Waals surface area contributed by atoms with Crippen LogP contribution in [-0.4, -0.2) is 33.6 Å². The summed E-state index contributed by atoms with van der Waals surface area (Å²) < 4.78 is 5.55. The lowest BCUT2D eigenvalue weighted by molar-refractivity contribution is -0.136. The molecule has 5 nitrogen and oxygen atoms in total. The molecule has 4 rings (SSSR count). The number of amides is 2. The summed E-state index contributed by atoms with van der Waals surface area (Å²) in [6.07, 6.45) is 0.899. The van der Waals surface area contributed by atoms with Gasteiger partial charge in [0.1, 0.15) is 6.10 Å². The molecule has 24 heavy (non-hydrogen) atoms. The van der Waals surface area contributed by atoms with Crippen molar-refractivity contribution in [3.05, 3.63) is 35.9 Å². The summed E-state index contributed by atoms with van der Waals surface area (Å²) in [6.45, 7) is 4.28. The highest BCUT2D eigenvalue weighted by molar-refractivity contribution is 5.95. The molecule has 1 N–H and O–H groups in total. The Morgan fingerprint density at radius 2 is 2.08 bits per heavy atom. The van der Waals surface area contributed by atoms with Crippen molar-refractivity contribution in [3.63, 3.8) is 0 Å². The molecule has 2 amide bonds. The zero-order valence-corrected chi connectivity index (χ0v) is 14.1. The standard InChI is InChI=1S/C19H23NO4/c1-18(2)13-8-9-19(18)15(10-13)24-17(23)20(19)16(22)11-14(21)12-6-4-3-5-7-12/h3-7,13-15,21H,8-11H2,1-2H3/t13-,14+,15-,19-/m1/s1. The third kappa shape index (κ3) is 1.85. The van der Waals surface area contributed by atoms with Crippen molar-refractivity contribution in [2.24, 2.45) is 11.3 Å². The number of carbonyl (C=O) groups excluding carboxylic acids is 2. The summed E-state index contributed by atoms with van der Waals surface area (Å²) in [7, 11) is 0. The van der Waals surface area contributed by atoms with Crippen LogP contribution in [0.5, 0.6) is 0 Å². The van der Waals surface area contributed by atoms with E-state index in [1.165, 1.54) is 4.90 Å². The van der Waals surface area contributed by atoms with Crippen molar-refractivity contribution in [2.45, 2.75) is 57.3 Å². The third-order valence-corrected chi connectivity index (χ3v) is 6.67. The molecule has 1 aromatic carbocycles. The van der Waals surface area contributed by atoms with Crippen LogP contribution in [0.2, 0.25) is 0 Å². The van der Waals surface area contributed by atoms with Crippen LogP contribution in [0.4, 0.5) is 4.79 Å². The van der Waals surface area contributed by atoms with Gasteiger partial charge in [0.15, 0.2) is 0 Å². The van der Waals surface area contributed by atoms with Crippen LogP contribution in [-0.2, 0) is 9.53 Å². The van der Waals surface area contributed by atoms with Gasteiger partial charge < -0.3 is 9.84 Å². The van der Waals surface area contributed by atoms with E-state index >= 15 is 0 Å². The number of aliphatic hydroxyl groups is 1. The number of rotatable bonds is 3. The van der Waals surface area contributed by atoms with Crippen molar-refractivity contribution in [2.75, 3.05) is 0 Å². The minimum absolute atomic E-state index is 0.103. The Balaban J connectivity index is 1.61. The zero-order chi connectivity index (χ0) is 17.1. The number of ether oxygens (including phenoxy) is 1. The Hall–Kier alpha value is -1.88. The third-order valence-electron chi connectivity index (χ3n) is 6.67. The van der Waals surface area contributed by atoms with Gasteiger partial charge in [-0.1, -0.05) is 44.2 Å². The highest BCUT2D eigenvalue weighted by Gasteiger charge is 2.73. The molecule has 2 saturated carbocycles. The van der Waals surface area contributed by atoms with E-state index in [2.05, 4.69) is 13.8 Å². The first-order valence-corrected chi connectivity index (χ1v) is 8.64. The number of fused-ring (bicyclic) bond motifs is 1. The normalized spacial score (nSPS) is 34.1. The van der Waals surface area contributed by atoms with Crippen LogP contribution in [0, 0.1) is 11.3 Å². The Bertz CT molecular complexity index is 686. The summed E-state index contributed by atoms with van der Waals surface area (Å²) in [5, 5.41) is 10.4. The highest BCUT2D eigenvalue weighted by Crippen LogP contribution is 2.65. The van der Waals surface area contributed by atoms with Crippen molar-refractivity contribution in [1.29, 1.82) is 0 Å². The molecule has 3 fully saturated rings. The minimum Gasteiger partial charge on any atom is -0.443 e. The first-order chi connectivity index (χ1) is 11.4. The van der Waals surface area contributed by atoms with Gasteiger partial charge in [-0.25, -0.2) is 9.69 Å². The van der Waals surface area contributed by atoms with Crippen molar-refractivity contribution >= 4 is 12.0 Å². The van der Waals surface area contributed by atoms with E-state index in [9.17, 15) is 14.7 Å². The topological polar surface area (TPSA) is 66.8 Å². The molecule has 1 aromatic rings. The van der Waals surface area contributed by atoms with E-state index < -0.39 is 17.7 Å². The maximum Gasteiger partial charge on any atom is 0.417 e. The van der Waals surface area contributed by atoms with Crippen molar-refractivity contribution < 1.29 is 19.4 Å². The molecule has 4 atom stereocenters. The van der Waals surface area contributed by atoms with Gasteiger partial charge >= 0.3 is 6.09 Å². The van der Waals surface area contributed by atoms with Crippen molar-refractivity contribution in [1.82, 2.24) is 4.90 Å². The van der Waals surface area contributed by atoms with E-state index in [0.717, 1.165) is 19.3 Å². The van der Waals surface area contributed by atoms with E-state index in [1.807, 2.05) is 18.2 Å². The fourth-order valence-corrected chi connectivity index (χ4v) is 5.27. The summed E-state index contributed by atoms with van der Waals surface area (Å²) in [4.78, 5) is 26.7. The van der Waals surface area contributed by atoms with Gasteiger partial charge in [0, 0.05) is 0 Å². The van der Waals surface area contributed by atoms with Crippen LogP contribution >= 0.6 is 0 Å². The second-order valence-corrected chi connectivity index (χ2v) is 7.85. The predicted octanol–water partition coefficient (Wildman–Crippen LogP) is 3.04. The van der Waals surface area contributed by atoms with Gasteiger partial charge in [-0.2, -0.15) is 0 Å². The Labute approximate surface area is 141 Å². The first kappa shape index (κ1) is 15.6. The quantitative estimate of drug-likeness (QED) is 0.925. The molecular weight excluding hydrogens is 306 g/mol. The van der Waals surface area contributed by atoms with Gasteiger partial charge in [0.2, 0.25) is 5.91 Å². The minimum atomic E-state index is -0.913. The maximum absolute atomic E-state index is 12.9. The lowest BCUT2D eigenvalue weighted by atomic mass is 9.74. The monoisotopic (exact) mass is 329 g/mol. The molecule has 0 unspecified atom stereocenters. The Morgan fingerprint density at radius 3 is 2.75 bits per heavy atom. The van der Waals surface area contributed by atoms with E-state index in [4.69, 9.17) is 4.74 Å². The Kier molecular flexibility index (Phi) is 3.29. The van der Waals surface area contributed by atoms with Crippen LogP contribution in [0.1, 0.15) is 51.2 Å². The number of carbonyl (C=O) groups is 2. The summed E-state index contributed by atoms with van der Waals surface area (Å²) in [5.41, 5.74) is 0.00170. The average molecular weight is 329 g/mol. The second kappa shape index (κ2) is 5.06. The summed E-state index contributed by atoms with van der Waals surface area (Å²) in [6, 6.07) is 9.07. The molecule has 5 heteroatoms. The second-order valence-electron chi connectivity index (χ2n) is 7.85. The highest BCUT2D eigenvalue weighted by atomic mass is 16.6. The largest absolute Gasteiger partial charge is 0.443 e. The van der Waals surface area contributed by atoms with E-state index in [1.54, 1.807) is 12.1 Å². The number of benzene rings is 1. The number of nitrogens with zero attached hydrogens (tertiary/aromatic N) is 1. The zero-order valence-electron chi connectivity index (χ0n) is 14.1. The van der Waals surface area contributed by atoms with Gasteiger partial charge in [0.05, 0.1) is 18.1 Å². The van der Waals surface area contributed by atoms with Crippen LogP contribution in [0.15, 0.2) is 30.3 Å². The van der Waals surface area contributed by atoms with Gasteiger partial charge in [-0.05, 0) is 36.2 Å². The van der Waals surface area contributed by atoms with Gasteiger partial charge in [-0.15, -0.1) is 0 Å². The molecule has 0 radical (unpaired) electrons. The van der Waals surface area contributed by atoms with Crippen molar-refractivity contribution in [3.8, 4) is 0 Å². The first-order valence-electron chi connectivity index (χ1n) is 8.64. The van der Waals surface area contributed by atoms with E-state index in [0.29, 0.717) is 11.5 Å². The average Bonchev–Trinajstić information content (AvgIpc) is 3.07. The predicted molar refractivity (Wildman–Crippen MR) is 87.0 cm³/mol. The summed E-state index contributed by atoms with van der Waals surface area (Å²) >= 11 is 0. The van der Waals surface area contributed by atoms with Crippen LogP contribution in [0.3, 0.4) is 0 Å². The number of hydrogen-bond acceptors (Lipinski definition) is 4. The smallest absolute Gasteiger partial charge is 0.417 e. The molecule has 1 heterocycles. The molecule has 2 bridgehead atoms. The SMILES string of the molecule is CC1(C)[C@@H]2CC[C@@]13[C@@H](C2)OC(=O)N3C(=O)C[C@H](O)c1ccccc1. The molecule has 3 aliphatic rings. The van der Waals surface area contributed by atoms with Crippen LogP contribution in [0.25, 0.3) is 0 Å². The fourth-order valence-electron chi connectivity index (χ4n) is 5.27. The molecule has 1 spiro atoms. The van der Waals surface area contributed by atoms with Gasteiger partial charge in [0.25, 0.3) is 0 Å². The van der Waals surface area contributed by atoms with Crippen LogP contribution < -0.4 is 0 Å². The molecule has 2 aliphatic carbocycles. The number of aliphatic hydroxyl groups excluding tert-OH is 1. The Morgan fingerprint density at radius 1 is 1.38 bits per heavy atom. The number of imide groups is 1. The maximum atomic E-state index is 12.9. The van der Waals surface area contributed by atoms with E-state index in [-0.39, 0.29) is 23.8 Å². The number of hydrogen-bond donors (Lipinski definition) is 1.